The predicted molar refractivity (Wildman–Crippen MR) is 148 cm³/mol. The van der Waals surface area contributed by atoms with Crippen LogP contribution in [0.1, 0.15) is 42.7 Å². The van der Waals surface area contributed by atoms with Crippen LogP contribution in [0.15, 0.2) is 48.5 Å². The number of ether oxygens (including phenoxy) is 1. The first-order valence-electron chi connectivity index (χ1n) is 12.5. The SMILES string of the molecule is COC(=O)[C@@H](NC(=O)C(NC(=O)[C@H](C)NC(=O)c1cccc(O)c1O)c1ccccc1)C1NC(C(=O)O)C(C)(C)S1. The number of carbonyl (C=O) groups is 5. The average Bonchev–Trinajstić information content (AvgIpc) is 3.26. The number of phenols is 2. The lowest BCUT2D eigenvalue weighted by Gasteiger charge is -2.27. The number of benzene rings is 2. The van der Waals surface area contributed by atoms with Crippen molar-refractivity contribution in [1.82, 2.24) is 21.3 Å². The molecule has 1 fully saturated rings. The first-order valence-corrected chi connectivity index (χ1v) is 13.4. The van der Waals surface area contributed by atoms with Crippen molar-refractivity contribution in [3.05, 3.63) is 59.7 Å². The molecule has 1 aliphatic heterocycles. The molecule has 3 unspecified atom stereocenters. The molecule has 2 aromatic rings. The van der Waals surface area contributed by atoms with E-state index < -0.39 is 75.4 Å². The minimum absolute atomic E-state index is 0.257. The van der Waals surface area contributed by atoms with E-state index in [2.05, 4.69) is 21.3 Å². The van der Waals surface area contributed by atoms with Crippen LogP contribution >= 0.6 is 11.8 Å². The molecule has 14 heteroatoms. The van der Waals surface area contributed by atoms with Crippen molar-refractivity contribution in [2.45, 2.75) is 55.1 Å². The first kappa shape index (κ1) is 31.2. The quantitative estimate of drug-likeness (QED) is 0.151. The second-order valence-electron chi connectivity index (χ2n) is 9.81. The number of aliphatic carboxylic acids is 1. The van der Waals surface area contributed by atoms with E-state index in [4.69, 9.17) is 4.74 Å². The van der Waals surface area contributed by atoms with Gasteiger partial charge in [0.25, 0.3) is 5.91 Å². The van der Waals surface area contributed by atoms with Crippen LogP contribution in [0.2, 0.25) is 0 Å². The van der Waals surface area contributed by atoms with Crippen molar-refractivity contribution >= 4 is 41.4 Å². The Kier molecular flexibility index (Phi) is 9.83. The number of methoxy groups -OCH3 is 1. The number of carboxylic acid groups (broad SMARTS) is 1. The maximum absolute atomic E-state index is 13.6. The van der Waals surface area contributed by atoms with E-state index in [1.54, 1.807) is 44.2 Å². The lowest BCUT2D eigenvalue weighted by Crippen LogP contribution is -2.56. The molecule has 3 rings (SSSR count). The van der Waals surface area contributed by atoms with Crippen LogP contribution in [-0.4, -0.2) is 80.3 Å². The molecule has 7 N–H and O–H groups in total. The molecular weight excluding hydrogens is 556 g/mol. The normalized spacial score (nSPS) is 19.7. The number of para-hydroxylation sites is 1. The Bertz CT molecular complexity index is 1320. The van der Waals surface area contributed by atoms with Gasteiger partial charge >= 0.3 is 11.9 Å². The molecule has 1 aliphatic rings. The summed E-state index contributed by atoms with van der Waals surface area (Å²) in [6, 6.07) is 7.11. The van der Waals surface area contributed by atoms with Gasteiger partial charge in [-0.05, 0) is 38.5 Å². The van der Waals surface area contributed by atoms with Gasteiger partial charge in [0.05, 0.1) is 18.0 Å². The van der Waals surface area contributed by atoms with Crippen molar-refractivity contribution in [1.29, 1.82) is 0 Å². The Morgan fingerprint density at radius 3 is 2.20 bits per heavy atom. The summed E-state index contributed by atoms with van der Waals surface area (Å²) in [5.74, 6) is -5.50. The zero-order valence-electron chi connectivity index (χ0n) is 22.7. The van der Waals surface area contributed by atoms with Gasteiger partial charge in [0.2, 0.25) is 11.8 Å². The van der Waals surface area contributed by atoms with Crippen molar-refractivity contribution in [3.8, 4) is 11.5 Å². The number of carbonyl (C=O) groups excluding carboxylic acids is 4. The molecular formula is C27H32N4O9S. The van der Waals surface area contributed by atoms with Crippen molar-refractivity contribution in [2.75, 3.05) is 7.11 Å². The third kappa shape index (κ3) is 7.27. The molecule has 0 radical (unpaired) electrons. The highest BCUT2D eigenvalue weighted by atomic mass is 32.2. The molecule has 0 aliphatic carbocycles. The van der Waals surface area contributed by atoms with Gasteiger partial charge in [-0.1, -0.05) is 36.4 Å². The number of hydrogen-bond acceptors (Lipinski definition) is 10. The standard InChI is InChI=1S/C27H32N4O9S/c1-13(28-22(35)15-11-8-12-16(32)19(15)33)21(34)29-17(14-9-6-5-7-10-14)23(36)30-18(26(39)40-4)24-31-20(25(37)38)27(2,3)41-24/h5-13,17-18,20,24,31-33H,1-4H3,(H,28,35)(H,29,34)(H,30,36)(H,37,38)/t13-,17?,18-,20?,24?/m0/s1. The molecule has 220 valence electrons. The summed E-state index contributed by atoms with van der Waals surface area (Å²) in [6.07, 6.45) is 0. The minimum atomic E-state index is -1.32. The number of rotatable bonds is 10. The van der Waals surface area contributed by atoms with Gasteiger partial charge in [-0.15, -0.1) is 11.8 Å². The maximum Gasteiger partial charge on any atom is 0.330 e. The minimum Gasteiger partial charge on any atom is -0.504 e. The number of esters is 1. The van der Waals surface area contributed by atoms with E-state index in [9.17, 15) is 39.3 Å². The lowest BCUT2D eigenvalue weighted by molar-refractivity contribution is -0.146. The van der Waals surface area contributed by atoms with E-state index >= 15 is 0 Å². The summed E-state index contributed by atoms with van der Waals surface area (Å²) in [7, 11) is 1.13. The number of phenolic OH excluding ortho intramolecular Hbond substituents is 2. The molecule has 2 aromatic carbocycles. The fourth-order valence-corrected chi connectivity index (χ4v) is 5.70. The molecule has 1 heterocycles. The molecule has 0 spiro atoms. The highest BCUT2D eigenvalue weighted by Crippen LogP contribution is 2.39. The van der Waals surface area contributed by atoms with Gasteiger partial charge in [-0.25, -0.2) is 4.79 Å². The van der Waals surface area contributed by atoms with Crippen LogP contribution in [0.4, 0.5) is 0 Å². The fourth-order valence-electron chi connectivity index (χ4n) is 4.22. The number of carboxylic acids is 1. The summed E-state index contributed by atoms with van der Waals surface area (Å²) in [6.45, 7) is 4.75. The lowest BCUT2D eigenvalue weighted by atomic mass is 10.0. The summed E-state index contributed by atoms with van der Waals surface area (Å²) in [4.78, 5) is 63.7. The van der Waals surface area contributed by atoms with Gasteiger partial charge in [0.15, 0.2) is 17.5 Å². The monoisotopic (exact) mass is 588 g/mol. The third-order valence-corrected chi connectivity index (χ3v) is 7.95. The van der Waals surface area contributed by atoms with E-state index in [0.29, 0.717) is 5.56 Å². The summed E-state index contributed by atoms with van der Waals surface area (Å²) in [5, 5.41) is 38.8. The molecule has 0 aromatic heterocycles. The van der Waals surface area contributed by atoms with Crippen molar-refractivity contribution in [3.63, 3.8) is 0 Å². The third-order valence-electron chi connectivity index (χ3n) is 6.44. The van der Waals surface area contributed by atoms with Crippen LogP contribution in [0, 0.1) is 0 Å². The van der Waals surface area contributed by atoms with Crippen LogP contribution in [0.5, 0.6) is 11.5 Å². The summed E-state index contributed by atoms with van der Waals surface area (Å²) < 4.78 is 4.05. The van der Waals surface area contributed by atoms with Crippen LogP contribution in [-0.2, 0) is 23.9 Å². The first-order chi connectivity index (χ1) is 19.3. The second-order valence-corrected chi connectivity index (χ2v) is 11.6. The largest absolute Gasteiger partial charge is 0.504 e. The van der Waals surface area contributed by atoms with Gasteiger partial charge in [0.1, 0.15) is 18.1 Å². The molecule has 3 amide bonds. The fraction of sp³-hybridized carbons (Fsp3) is 0.370. The highest BCUT2D eigenvalue weighted by molar-refractivity contribution is 8.01. The van der Waals surface area contributed by atoms with Crippen molar-refractivity contribution in [2.24, 2.45) is 0 Å². The van der Waals surface area contributed by atoms with E-state index in [-0.39, 0.29) is 5.56 Å². The van der Waals surface area contributed by atoms with Gasteiger partial charge < -0.3 is 36.0 Å². The Morgan fingerprint density at radius 1 is 0.951 bits per heavy atom. The Balaban J connectivity index is 1.81. The van der Waals surface area contributed by atoms with E-state index in [0.717, 1.165) is 18.9 Å². The number of thioether (sulfide) groups is 1. The second kappa shape index (κ2) is 12.9. The Morgan fingerprint density at radius 2 is 1.61 bits per heavy atom. The summed E-state index contributed by atoms with van der Waals surface area (Å²) in [5.41, 5.74) is 0.106. The number of amides is 3. The molecule has 13 nitrogen and oxygen atoms in total. The zero-order valence-corrected chi connectivity index (χ0v) is 23.5. The molecule has 0 bridgehead atoms. The number of hydrogen-bond donors (Lipinski definition) is 7. The average molecular weight is 589 g/mol. The van der Waals surface area contributed by atoms with Gasteiger partial charge in [-0.3, -0.25) is 24.5 Å². The Hall–Kier alpha value is -4.30. The van der Waals surface area contributed by atoms with Crippen LogP contribution < -0.4 is 21.3 Å². The van der Waals surface area contributed by atoms with Gasteiger partial charge in [-0.2, -0.15) is 0 Å². The predicted octanol–water partition coefficient (Wildman–Crippen LogP) is 0.626. The maximum atomic E-state index is 13.6. The van der Waals surface area contributed by atoms with Gasteiger partial charge in [0, 0.05) is 4.75 Å². The van der Waals surface area contributed by atoms with Crippen LogP contribution in [0.25, 0.3) is 0 Å². The summed E-state index contributed by atoms with van der Waals surface area (Å²) >= 11 is 1.15. The van der Waals surface area contributed by atoms with E-state index in [1.807, 2.05) is 0 Å². The van der Waals surface area contributed by atoms with Crippen molar-refractivity contribution < 1.29 is 44.0 Å². The number of nitrogens with one attached hydrogen (secondary N) is 4. The number of aromatic hydroxyl groups is 2. The smallest absolute Gasteiger partial charge is 0.330 e. The Labute approximate surface area is 240 Å². The molecule has 41 heavy (non-hydrogen) atoms. The topological polar surface area (TPSA) is 203 Å². The molecule has 1 saturated heterocycles. The molecule has 0 saturated carbocycles. The van der Waals surface area contributed by atoms with Crippen LogP contribution in [0.3, 0.4) is 0 Å². The highest BCUT2D eigenvalue weighted by Gasteiger charge is 2.50. The molecule has 5 atom stereocenters. The zero-order chi connectivity index (χ0) is 30.5. The van der Waals surface area contributed by atoms with E-state index in [1.165, 1.54) is 25.1 Å².